The first-order valence-electron chi connectivity index (χ1n) is 5.31. The Morgan fingerprint density at radius 1 is 1.44 bits per heavy atom. The number of hydrogen-bond acceptors (Lipinski definition) is 6. The molecule has 0 bridgehead atoms. The predicted octanol–water partition coefficient (Wildman–Crippen LogP) is 1.37. The number of benzene rings is 1. The van der Waals surface area contributed by atoms with Crippen LogP contribution >= 0.6 is 0 Å². The molecule has 0 unspecified atom stereocenters. The van der Waals surface area contributed by atoms with Gasteiger partial charge in [-0.25, -0.2) is 9.59 Å². The van der Waals surface area contributed by atoms with Crippen LogP contribution in [0.1, 0.15) is 17.4 Å². The van der Waals surface area contributed by atoms with Gasteiger partial charge < -0.3 is 13.9 Å². The highest BCUT2D eigenvalue weighted by Crippen LogP contribution is 2.21. The molecular formula is C12H11NO5. The molecule has 0 spiro atoms. The van der Waals surface area contributed by atoms with Crippen LogP contribution in [0.5, 0.6) is 5.75 Å². The maximum absolute atomic E-state index is 11.7. The lowest BCUT2D eigenvalue weighted by atomic mass is 10.2. The van der Waals surface area contributed by atoms with Crippen molar-refractivity contribution in [3.8, 4) is 5.75 Å². The van der Waals surface area contributed by atoms with Crippen molar-refractivity contribution in [3.63, 3.8) is 0 Å². The summed E-state index contributed by atoms with van der Waals surface area (Å²) in [6.45, 7) is 1.88. The molecule has 6 nitrogen and oxygen atoms in total. The van der Waals surface area contributed by atoms with Gasteiger partial charge in [0.25, 0.3) is 0 Å². The molecule has 94 valence electrons. The summed E-state index contributed by atoms with van der Waals surface area (Å²) in [6, 6.07) is 4.75. The lowest BCUT2D eigenvalue weighted by Gasteiger charge is -2.05. The zero-order valence-electron chi connectivity index (χ0n) is 9.93. The standard InChI is InChI=1S/C12H11NO5/c1-3-17-11(14)10-8-5-4-7(16-2)6-9(8)18-12(15)13-10/h4-6H,3H2,1-2H3. The molecule has 0 amide bonds. The molecule has 0 N–H and O–H groups in total. The highest BCUT2D eigenvalue weighted by Gasteiger charge is 2.16. The second-order valence-corrected chi connectivity index (χ2v) is 3.41. The normalized spacial score (nSPS) is 10.3. The van der Waals surface area contributed by atoms with E-state index in [4.69, 9.17) is 13.9 Å². The van der Waals surface area contributed by atoms with Crippen LogP contribution in [0.25, 0.3) is 11.0 Å². The number of nitrogens with zero attached hydrogens (tertiary/aromatic N) is 1. The van der Waals surface area contributed by atoms with Crippen molar-refractivity contribution in [2.45, 2.75) is 6.92 Å². The maximum atomic E-state index is 11.7. The number of hydrogen-bond donors (Lipinski definition) is 0. The Kier molecular flexibility index (Phi) is 3.27. The number of ether oxygens (including phenoxy) is 2. The van der Waals surface area contributed by atoms with Crippen molar-refractivity contribution < 1.29 is 18.7 Å². The van der Waals surface area contributed by atoms with Crippen LogP contribution in [-0.4, -0.2) is 24.7 Å². The largest absolute Gasteiger partial charge is 0.497 e. The van der Waals surface area contributed by atoms with Crippen LogP contribution in [0.15, 0.2) is 27.4 Å². The van der Waals surface area contributed by atoms with E-state index in [0.717, 1.165) is 0 Å². The zero-order chi connectivity index (χ0) is 13.1. The van der Waals surface area contributed by atoms with E-state index in [0.29, 0.717) is 11.1 Å². The summed E-state index contributed by atoms with van der Waals surface area (Å²) in [5.41, 5.74) is 0.183. The summed E-state index contributed by atoms with van der Waals surface area (Å²) in [4.78, 5) is 26.5. The second-order valence-electron chi connectivity index (χ2n) is 3.41. The predicted molar refractivity (Wildman–Crippen MR) is 62.8 cm³/mol. The second kappa shape index (κ2) is 4.87. The third-order valence-electron chi connectivity index (χ3n) is 2.31. The van der Waals surface area contributed by atoms with E-state index >= 15 is 0 Å². The minimum atomic E-state index is -0.848. The lowest BCUT2D eigenvalue weighted by Crippen LogP contribution is -2.15. The fourth-order valence-electron chi connectivity index (χ4n) is 1.53. The van der Waals surface area contributed by atoms with E-state index in [1.54, 1.807) is 19.1 Å². The van der Waals surface area contributed by atoms with Crippen molar-refractivity contribution in [1.29, 1.82) is 0 Å². The van der Waals surface area contributed by atoms with Gasteiger partial charge in [-0.15, -0.1) is 0 Å². The smallest absolute Gasteiger partial charge is 0.439 e. The summed E-state index contributed by atoms with van der Waals surface area (Å²) in [6.07, 6.45) is 0. The topological polar surface area (TPSA) is 78.6 Å². The number of esters is 1. The minimum Gasteiger partial charge on any atom is -0.497 e. The molecule has 0 saturated heterocycles. The quantitative estimate of drug-likeness (QED) is 0.764. The third-order valence-corrected chi connectivity index (χ3v) is 2.31. The first-order chi connectivity index (χ1) is 8.65. The SMILES string of the molecule is CCOC(=O)c1nc(=O)oc2cc(OC)ccc12. The molecule has 18 heavy (non-hydrogen) atoms. The Hall–Kier alpha value is -2.37. The van der Waals surface area contributed by atoms with Crippen LogP contribution in [0, 0.1) is 0 Å². The summed E-state index contributed by atoms with van der Waals surface area (Å²) < 4.78 is 14.8. The van der Waals surface area contributed by atoms with Crippen molar-refractivity contribution in [2.75, 3.05) is 13.7 Å². The van der Waals surface area contributed by atoms with Gasteiger partial charge in [0.05, 0.1) is 19.1 Å². The molecule has 0 aliphatic heterocycles. The van der Waals surface area contributed by atoms with Crippen LogP contribution < -0.4 is 10.5 Å². The van der Waals surface area contributed by atoms with Gasteiger partial charge in [0.15, 0.2) is 5.69 Å². The van der Waals surface area contributed by atoms with E-state index in [1.807, 2.05) is 0 Å². The van der Waals surface area contributed by atoms with E-state index < -0.39 is 11.7 Å². The maximum Gasteiger partial charge on any atom is 0.439 e. The lowest BCUT2D eigenvalue weighted by molar-refractivity contribution is 0.0520. The monoisotopic (exact) mass is 249 g/mol. The molecule has 6 heteroatoms. The third kappa shape index (κ3) is 2.17. The summed E-state index contributed by atoms with van der Waals surface area (Å²) >= 11 is 0. The van der Waals surface area contributed by atoms with Gasteiger partial charge in [0.2, 0.25) is 0 Å². The number of carbonyl (C=O) groups excluding carboxylic acids is 1. The Morgan fingerprint density at radius 3 is 2.89 bits per heavy atom. The number of aromatic nitrogens is 1. The van der Waals surface area contributed by atoms with E-state index in [9.17, 15) is 9.59 Å². The fraction of sp³-hybridized carbons (Fsp3) is 0.250. The fourth-order valence-corrected chi connectivity index (χ4v) is 1.53. The van der Waals surface area contributed by atoms with E-state index in [2.05, 4.69) is 4.98 Å². The van der Waals surface area contributed by atoms with Gasteiger partial charge in [0.1, 0.15) is 11.3 Å². The Balaban J connectivity index is 2.66. The Labute approximate surface area is 102 Å². The van der Waals surface area contributed by atoms with Crippen LogP contribution in [0.4, 0.5) is 0 Å². The average molecular weight is 249 g/mol. The van der Waals surface area contributed by atoms with Gasteiger partial charge in [0, 0.05) is 6.07 Å². The molecule has 2 aromatic rings. The molecule has 0 aliphatic carbocycles. The molecule has 2 rings (SSSR count). The van der Waals surface area contributed by atoms with Crippen molar-refractivity contribution in [3.05, 3.63) is 34.4 Å². The van der Waals surface area contributed by atoms with E-state index in [-0.39, 0.29) is 17.9 Å². The molecule has 1 heterocycles. The van der Waals surface area contributed by atoms with Crippen molar-refractivity contribution in [1.82, 2.24) is 4.98 Å². The van der Waals surface area contributed by atoms with Gasteiger partial charge in [-0.2, -0.15) is 4.98 Å². The molecule has 0 fully saturated rings. The average Bonchev–Trinajstić information content (AvgIpc) is 2.37. The van der Waals surface area contributed by atoms with Crippen LogP contribution in [-0.2, 0) is 4.74 Å². The number of methoxy groups -OCH3 is 1. The molecule has 0 radical (unpaired) electrons. The first-order valence-corrected chi connectivity index (χ1v) is 5.31. The Bertz CT molecular complexity index is 646. The highest BCUT2D eigenvalue weighted by atomic mass is 16.5. The van der Waals surface area contributed by atoms with Gasteiger partial charge >= 0.3 is 11.7 Å². The summed E-state index contributed by atoms with van der Waals surface area (Å²) in [5, 5.41) is 0.411. The van der Waals surface area contributed by atoms with E-state index in [1.165, 1.54) is 13.2 Å². The minimum absolute atomic E-state index is 0.0502. The van der Waals surface area contributed by atoms with Crippen LogP contribution in [0.3, 0.4) is 0 Å². The molecule has 0 aliphatic rings. The molecular weight excluding hydrogens is 238 g/mol. The molecule has 0 saturated carbocycles. The molecule has 1 aromatic heterocycles. The number of rotatable bonds is 3. The summed E-state index contributed by atoms with van der Waals surface area (Å²) in [7, 11) is 1.49. The number of carbonyl (C=O) groups is 1. The zero-order valence-corrected chi connectivity index (χ0v) is 9.93. The molecule has 1 aromatic carbocycles. The van der Waals surface area contributed by atoms with Crippen molar-refractivity contribution in [2.24, 2.45) is 0 Å². The van der Waals surface area contributed by atoms with Crippen LogP contribution in [0.2, 0.25) is 0 Å². The first kappa shape index (κ1) is 12.1. The molecule has 0 atom stereocenters. The van der Waals surface area contributed by atoms with Gasteiger partial charge in [-0.05, 0) is 19.1 Å². The highest BCUT2D eigenvalue weighted by molar-refractivity contribution is 6.00. The van der Waals surface area contributed by atoms with Crippen molar-refractivity contribution >= 4 is 16.9 Å². The Morgan fingerprint density at radius 2 is 2.22 bits per heavy atom. The van der Waals surface area contributed by atoms with Gasteiger partial charge in [-0.1, -0.05) is 0 Å². The number of fused-ring (bicyclic) bond motifs is 1. The summed E-state index contributed by atoms with van der Waals surface area (Å²) in [5.74, 6) is -0.981. The van der Waals surface area contributed by atoms with Gasteiger partial charge in [-0.3, -0.25) is 0 Å².